The Morgan fingerprint density at radius 2 is 2.05 bits per heavy atom. The summed E-state index contributed by atoms with van der Waals surface area (Å²) in [5, 5.41) is 3.10. The predicted octanol–water partition coefficient (Wildman–Crippen LogP) is 3.03. The number of benzene rings is 1. The number of halogens is 1. The number of hydrogen-bond acceptors (Lipinski definition) is 2. The normalized spacial score (nSPS) is 28.6. The van der Waals surface area contributed by atoms with E-state index >= 15 is 0 Å². The highest BCUT2D eigenvalue weighted by molar-refractivity contribution is 6.17. The molecule has 2 fully saturated rings. The molecule has 2 unspecified atom stereocenters. The van der Waals surface area contributed by atoms with Crippen LogP contribution in [0, 0.1) is 5.92 Å². The van der Waals surface area contributed by atoms with E-state index in [0.717, 1.165) is 24.2 Å². The first-order valence-corrected chi connectivity index (χ1v) is 8.36. The number of fused-ring (bicyclic) bond motifs is 2. The number of carbonyl (C=O) groups is 1. The summed E-state index contributed by atoms with van der Waals surface area (Å²) in [4.78, 5) is 14.8. The molecule has 0 aromatic heterocycles. The lowest BCUT2D eigenvalue weighted by Gasteiger charge is -2.36. The molecule has 1 aromatic carbocycles. The summed E-state index contributed by atoms with van der Waals surface area (Å²) in [5.74, 6) is 1.09. The molecule has 0 aliphatic carbocycles. The Bertz CT molecular complexity index is 505. The highest BCUT2D eigenvalue weighted by atomic mass is 35.5. The molecule has 0 spiro atoms. The molecule has 1 amide bonds. The van der Waals surface area contributed by atoms with Crippen molar-refractivity contribution >= 4 is 17.5 Å². The van der Waals surface area contributed by atoms with Crippen LogP contribution in [0.25, 0.3) is 0 Å². The van der Waals surface area contributed by atoms with Gasteiger partial charge < -0.3 is 10.2 Å². The number of nitrogens with zero attached hydrogens (tertiary/aromatic N) is 1. The average Bonchev–Trinajstić information content (AvgIpc) is 2.74. The monoisotopic (exact) mass is 306 g/mol. The van der Waals surface area contributed by atoms with Gasteiger partial charge in [-0.05, 0) is 56.3 Å². The van der Waals surface area contributed by atoms with Crippen LogP contribution in [0.3, 0.4) is 0 Å². The Labute approximate surface area is 131 Å². The second-order valence-corrected chi connectivity index (χ2v) is 6.70. The van der Waals surface area contributed by atoms with Gasteiger partial charge in [-0.2, -0.15) is 0 Å². The van der Waals surface area contributed by atoms with Crippen molar-refractivity contribution in [2.24, 2.45) is 5.92 Å². The second-order valence-electron chi connectivity index (χ2n) is 6.43. The number of piperidine rings is 1. The predicted molar refractivity (Wildman–Crippen MR) is 85.6 cm³/mol. The van der Waals surface area contributed by atoms with Crippen LogP contribution >= 0.6 is 11.6 Å². The Hall–Kier alpha value is -1.06. The fourth-order valence-electron chi connectivity index (χ4n) is 3.83. The lowest BCUT2D eigenvalue weighted by Crippen LogP contribution is -2.43. The van der Waals surface area contributed by atoms with Gasteiger partial charge in [0.1, 0.15) is 0 Å². The van der Waals surface area contributed by atoms with E-state index in [1.807, 2.05) is 24.3 Å². The third-order valence-corrected chi connectivity index (χ3v) is 5.40. The van der Waals surface area contributed by atoms with Gasteiger partial charge in [0.25, 0.3) is 5.91 Å². The smallest absolute Gasteiger partial charge is 0.251 e. The highest BCUT2D eigenvalue weighted by Crippen LogP contribution is 2.37. The first-order valence-electron chi connectivity index (χ1n) is 7.82. The summed E-state index contributed by atoms with van der Waals surface area (Å²) in [6.07, 6.45) is 5.08. The Morgan fingerprint density at radius 3 is 2.71 bits per heavy atom. The van der Waals surface area contributed by atoms with E-state index in [4.69, 9.17) is 11.6 Å². The minimum atomic E-state index is 0.0215. The number of carbonyl (C=O) groups excluding carboxylic acids is 1. The molecule has 21 heavy (non-hydrogen) atoms. The van der Waals surface area contributed by atoms with Crippen LogP contribution < -0.4 is 5.32 Å². The minimum Gasteiger partial charge on any atom is -0.352 e. The van der Waals surface area contributed by atoms with Crippen LogP contribution in [0.15, 0.2) is 24.3 Å². The lowest BCUT2D eigenvalue weighted by atomic mass is 9.91. The number of nitrogens with one attached hydrogen (secondary N) is 1. The van der Waals surface area contributed by atoms with Crippen molar-refractivity contribution in [2.75, 3.05) is 13.6 Å². The molecule has 2 bridgehead atoms. The van der Waals surface area contributed by atoms with E-state index in [-0.39, 0.29) is 5.91 Å². The van der Waals surface area contributed by atoms with Gasteiger partial charge in [0.2, 0.25) is 0 Å². The SMILES string of the molecule is CN1C2CCC1CC(CNC(=O)c1cccc(CCl)c1)C2. The molecule has 2 aliphatic heterocycles. The zero-order valence-electron chi connectivity index (χ0n) is 12.5. The summed E-state index contributed by atoms with van der Waals surface area (Å²) in [7, 11) is 2.24. The van der Waals surface area contributed by atoms with Gasteiger partial charge in [-0.3, -0.25) is 4.79 Å². The standard InChI is InChI=1S/C17H23ClN2O/c1-20-15-5-6-16(20)9-13(8-15)11-19-17(21)14-4-2-3-12(7-14)10-18/h2-4,7,13,15-16H,5-6,8-11H2,1H3,(H,19,21). The number of hydrogen-bond donors (Lipinski definition) is 1. The van der Waals surface area contributed by atoms with Crippen LogP contribution in [-0.4, -0.2) is 36.5 Å². The zero-order valence-corrected chi connectivity index (χ0v) is 13.3. The van der Waals surface area contributed by atoms with Gasteiger partial charge in [0, 0.05) is 30.1 Å². The van der Waals surface area contributed by atoms with Gasteiger partial charge in [-0.15, -0.1) is 11.6 Å². The molecule has 1 aromatic rings. The molecule has 1 N–H and O–H groups in total. The van der Waals surface area contributed by atoms with Crippen molar-refractivity contribution < 1.29 is 4.79 Å². The van der Waals surface area contributed by atoms with Gasteiger partial charge in [-0.25, -0.2) is 0 Å². The molecule has 2 aliphatic rings. The molecule has 3 rings (SSSR count). The van der Waals surface area contributed by atoms with Gasteiger partial charge >= 0.3 is 0 Å². The fourth-order valence-corrected chi connectivity index (χ4v) is 3.99. The number of amides is 1. The van der Waals surface area contributed by atoms with Crippen LogP contribution in [0.4, 0.5) is 0 Å². The molecule has 114 valence electrons. The zero-order chi connectivity index (χ0) is 14.8. The molecule has 0 saturated carbocycles. The van der Waals surface area contributed by atoms with Crippen molar-refractivity contribution in [3.05, 3.63) is 35.4 Å². The maximum atomic E-state index is 12.2. The Morgan fingerprint density at radius 1 is 1.33 bits per heavy atom. The summed E-state index contributed by atoms with van der Waals surface area (Å²) >= 11 is 5.82. The van der Waals surface area contributed by atoms with E-state index < -0.39 is 0 Å². The van der Waals surface area contributed by atoms with E-state index in [1.165, 1.54) is 25.7 Å². The van der Waals surface area contributed by atoms with Crippen molar-refractivity contribution in [3.8, 4) is 0 Å². The largest absolute Gasteiger partial charge is 0.352 e. The van der Waals surface area contributed by atoms with E-state index in [0.29, 0.717) is 17.4 Å². The minimum absolute atomic E-state index is 0.0215. The third kappa shape index (κ3) is 3.24. The maximum absolute atomic E-state index is 12.2. The van der Waals surface area contributed by atoms with E-state index in [9.17, 15) is 4.79 Å². The van der Waals surface area contributed by atoms with Gasteiger partial charge in [0.05, 0.1) is 0 Å². The van der Waals surface area contributed by atoms with Crippen LogP contribution in [-0.2, 0) is 5.88 Å². The average molecular weight is 307 g/mol. The Kier molecular flexibility index (Phi) is 4.51. The van der Waals surface area contributed by atoms with Crippen molar-refractivity contribution in [1.29, 1.82) is 0 Å². The molecule has 3 nitrogen and oxygen atoms in total. The van der Waals surface area contributed by atoms with Gasteiger partial charge in [0.15, 0.2) is 0 Å². The lowest BCUT2D eigenvalue weighted by molar-refractivity contribution is 0.0917. The molecule has 0 radical (unpaired) electrons. The highest BCUT2D eigenvalue weighted by Gasteiger charge is 2.38. The molecule has 4 heteroatoms. The molecular formula is C17H23ClN2O. The number of alkyl halides is 1. The summed E-state index contributed by atoms with van der Waals surface area (Å²) in [6, 6.07) is 9.01. The van der Waals surface area contributed by atoms with Crippen LogP contribution in [0.1, 0.15) is 41.6 Å². The second kappa shape index (κ2) is 6.37. The van der Waals surface area contributed by atoms with Crippen LogP contribution in [0.2, 0.25) is 0 Å². The van der Waals surface area contributed by atoms with Gasteiger partial charge in [-0.1, -0.05) is 12.1 Å². The fraction of sp³-hybridized carbons (Fsp3) is 0.588. The number of rotatable bonds is 4. The van der Waals surface area contributed by atoms with Crippen molar-refractivity contribution in [2.45, 2.75) is 43.6 Å². The first-order chi connectivity index (χ1) is 10.2. The first kappa shape index (κ1) is 14.9. The topological polar surface area (TPSA) is 32.3 Å². The molecule has 2 saturated heterocycles. The van der Waals surface area contributed by atoms with E-state index in [2.05, 4.69) is 17.3 Å². The molecule has 2 atom stereocenters. The quantitative estimate of drug-likeness (QED) is 0.867. The Balaban J connectivity index is 1.54. The summed E-state index contributed by atoms with van der Waals surface area (Å²) < 4.78 is 0. The summed E-state index contributed by atoms with van der Waals surface area (Å²) in [6.45, 7) is 0.796. The van der Waals surface area contributed by atoms with Crippen LogP contribution in [0.5, 0.6) is 0 Å². The van der Waals surface area contributed by atoms with Crippen molar-refractivity contribution in [3.63, 3.8) is 0 Å². The summed E-state index contributed by atoms with van der Waals surface area (Å²) in [5.41, 5.74) is 1.70. The maximum Gasteiger partial charge on any atom is 0.251 e. The molecular weight excluding hydrogens is 284 g/mol. The van der Waals surface area contributed by atoms with E-state index in [1.54, 1.807) is 0 Å². The third-order valence-electron chi connectivity index (χ3n) is 5.09. The molecule has 2 heterocycles. The van der Waals surface area contributed by atoms with Crippen molar-refractivity contribution in [1.82, 2.24) is 10.2 Å².